The molecule has 2 aliphatic heterocycles. The van der Waals surface area contributed by atoms with E-state index in [1.54, 1.807) is 0 Å². The Morgan fingerprint density at radius 2 is 0.787 bits per heavy atom. The summed E-state index contributed by atoms with van der Waals surface area (Å²) in [5, 5.41) is 4.95. The molecule has 75 heavy (non-hydrogen) atoms. The van der Waals surface area contributed by atoms with Gasteiger partial charge in [-0.15, -0.1) is 0 Å². The third-order valence-corrected chi connectivity index (χ3v) is 16.8. The van der Waals surface area contributed by atoms with Crippen LogP contribution in [0.3, 0.4) is 0 Å². The first-order chi connectivity index (χ1) is 36.9. The van der Waals surface area contributed by atoms with Crippen LogP contribution in [-0.4, -0.2) is 6.71 Å². The summed E-state index contributed by atoms with van der Waals surface area (Å²) < 4.78 is 0. The molecule has 14 rings (SSSR count). The summed E-state index contributed by atoms with van der Waals surface area (Å²) >= 11 is 1.93. The second kappa shape index (κ2) is 18.1. The average Bonchev–Trinajstić information content (AvgIpc) is 3.48. The Balaban J connectivity index is 1.08. The molecule has 0 aromatic heterocycles. The van der Waals surface area contributed by atoms with E-state index in [-0.39, 0.29) is 12.1 Å². The van der Waals surface area contributed by atoms with Crippen LogP contribution in [0.1, 0.15) is 26.3 Å². The van der Waals surface area contributed by atoms with Gasteiger partial charge in [0.1, 0.15) is 0 Å². The topological polar surface area (TPSA) is 3.24 Å². The fourth-order valence-corrected chi connectivity index (χ4v) is 13.3. The molecule has 2 aliphatic rings. The van der Waals surface area contributed by atoms with E-state index in [2.05, 4.69) is 287 Å². The molecule has 3 heteroatoms. The minimum absolute atomic E-state index is 0.0111. The molecule has 0 amide bonds. The fourth-order valence-electron chi connectivity index (χ4n) is 12.1. The first-order valence-electron chi connectivity index (χ1n) is 26.2. The molecule has 1 nitrogen and oxygen atoms in total. The predicted octanol–water partition coefficient (Wildman–Crippen LogP) is 18.1. The monoisotopic (exact) mass is 973 g/mol. The third-order valence-electron chi connectivity index (χ3n) is 15.7. The van der Waals surface area contributed by atoms with Gasteiger partial charge in [-0.2, -0.15) is 0 Å². The molecule has 0 atom stereocenters. The smallest absolute Gasteiger partial charge is 0.249 e. The summed E-state index contributed by atoms with van der Waals surface area (Å²) in [6.07, 6.45) is 0. The minimum atomic E-state index is -0.116. The second-order valence-corrected chi connectivity index (χ2v) is 22.2. The van der Waals surface area contributed by atoms with Crippen LogP contribution in [-0.2, 0) is 5.41 Å². The summed E-state index contributed by atoms with van der Waals surface area (Å²) in [5.41, 5.74) is 23.4. The Morgan fingerprint density at radius 3 is 1.33 bits per heavy atom. The lowest BCUT2D eigenvalue weighted by molar-refractivity contribution is 0.589. The number of hydrogen-bond acceptors (Lipinski definition) is 2. The van der Waals surface area contributed by atoms with Gasteiger partial charge in [0.15, 0.2) is 0 Å². The Morgan fingerprint density at radius 1 is 0.333 bits per heavy atom. The van der Waals surface area contributed by atoms with Crippen LogP contribution >= 0.6 is 11.8 Å². The fraction of sp³-hybridized carbons (Fsp3) is 0.0556. The molecular formula is C72H52BNS. The van der Waals surface area contributed by atoms with Gasteiger partial charge in [-0.05, 0) is 123 Å². The number of para-hydroxylation sites is 1. The lowest BCUT2D eigenvalue weighted by Crippen LogP contribution is -2.60. The van der Waals surface area contributed by atoms with Crippen LogP contribution in [0.5, 0.6) is 0 Å². The van der Waals surface area contributed by atoms with Gasteiger partial charge < -0.3 is 4.90 Å². The molecule has 0 fully saturated rings. The number of nitrogens with zero attached hydrogens (tertiary/aromatic N) is 1. The summed E-state index contributed by atoms with van der Waals surface area (Å²) in [6, 6.07) is 97.4. The molecule has 0 bridgehead atoms. The van der Waals surface area contributed by atoms with Crippen LogP contribution in [0, 0.1) is 0 Å². The van der Waals surface area contributed by atoms with Crippen molar-refractivity contribution >= 4 is 73.5 Å². The SMILES string of the molecule is CC(C)(C)c1cc2c3c(c1)N(c1c(-c4ccccc4)cccc1-c1ccccc1)c1cc(-c4c5ccccc5c(-c5ccc(-c6ccccc6)cc5)c5ccccc45)ccc1B3c1cc(-c3ccccc3)ccc1S2. The highest BCUT2D eigenvalue weighted by Gasteiger charge is 2.43. The molecule has 0 aliphatic carbocycles. The van der Waals surface area contributed by atoms with Gasteiger partial charge in [-0.3, -0.25) is 0 Å². The van der Waals surface area contributed by atoms with E-state index >= 15 is 0 Å². The van der Waals surface area contributed by atoms with Crippen molar-refractivity contribution < 1.29 is 0 Å². The number of anilines is 3. The Bertz CT molecular complexity index is 4050. The van der Waals surface area contributed by atoms with Crippen molar-refractivity contribution in [3.63, 3.8) is 0 Å². The highest BCUT2D eigenvalue weighted by Crippen LogP contribution is 2.52. The molecule has 0 saturated heterocycles. The van der Waals surface area contributed by atoms with Crippen molar-refractivity contribution in [2.75, 3.05) is 4.90 Å². The number of benzene rings is 12. The average molecular weight is 974 g/mol. The van der Waals surface area contributed by atoms with Crippen molar-refractivity contribution in [1.29, 1.82) is 0 Å². The predicted molar refractivity (Wildman–Crippen MR) is 323 cm³/mol. The van der Waals surface area contributed by atoms with Gasteiger partial charge in [0, 0.05) is 32.3 Å². The van der Waals surface area contributed by atoms with Crippen LogP contribution in [0.2, 0.25) is 0 Å². The highest BCUT2D eigenvalue weighted by molar-refractivity contribution is 8.00. The van der Waals surface area contributed by atoms with Gasteiger partial charge in [-0.1, -0.05) is 275 Å². The molecule has 12 aromatic carbocycles. The van der Waals surface area contributed by atoms with Gasteiger partial charge in [0.2, 0.25) is 6.71 Å². The van der Waals surface area contributed by atoms with Crippen molar-refractivity contribution in [3.8, 4) is 66.8 Å². The van der Waals surface area contributed by atoms with Crippen molar-refractivity contribution in [1.82, 2.24) is 0 Å². The van der Waals surface area contributed by atoms with Gasteiger partial charge in [0.25, 0.3) is 0 Å². The summed E-state index contributed by atoms with van der Waals surface area (Å²) in [4.78, 5) is 5.31. The third kappa shape index (κ3) is 7.64. The largest absolute Gasteiger partial charge is 0.310 e. The molecular weight excluding hydrogens is 922 g/mol. The molecule has 0 radical (unpaired) electrons. The number of hydrogen-bond donors (Lipinski definition) is 0. The molecule has 0 saturated carbocycles. The van der Waals surface area contributed by atoms with Crippen LogP contribution in [0.25, 0.3) is 88.3 Å². The molecule has 354 valence electrons. The Hall–Kier alpha value is -8.63. The normalized spacial score (nSPS) is 12.6. The van der Waals surface area contributed by atoms with E-state index in [0.717, 1.165) is 0 Å². The van der Waals surface area contributed by atoms with Crippen LogP contribution in [0.4, 0.5) is 17.1 Å². The zero-order valence-corrected chi connectivity index (χ0v) is 43.1. The first kappa shape index (κ1) is 45.0. The summed E-state index contributed by atoms with van der Waals surface area (Å²) in [7, 11) is 0. The van der Waals surface area contributed by atoms with Crippen LogP contribution < -0.4 is 21.3 Å². The van der Waals surface area contributed by atoms with E-state index in [1.165, 1.54) is 137 Å². The molecule has 0 unspecified atom stereocenters. The maximum absolute atomic E-state index is 2.67. The highest BCUT2D eigenvalue weighted by atomic mass is 32.2. The zero-order chi connectivity index (χ0) is 50.2. The van der Waals surface area contributed by atoms with E-state index in [1.807, 2.05) is 11.8 Å². The maximum Gasteiger partial charge on any atom is 0.249 e. The summed E-state index contributed by atoms with van der Waals surface area (Å²) in [6.45, 7) is 7.06. The van der Waals surface area contributed by atoms with Crippen molar-refractivity contribution in [2.45, 2.75) is 36.0 Å². The van der Waals surface area contributed by atoms with E-state index in [4.69, 9.17) is 0 Å². The van der Waals surface area contributed by atoms with Crippen molar-refractivity contribution in [2.24, 2.45) is 0 Å². The second-order valence-electron chi connectivity index (χ2n) is 21.1. The maximum atomic E-state index is 2.67. The molecule has 0 spiro atoms. The Kier molecular flexibility index (Phi) is 10.9. The number of fused-ring (bicyclic) bond motifs is 6. The van der Waals surface area contributed by atoms with Gasteiger partial charge in [-0.25, -0.2) is 0 Å². The Labute approximate surface area is 444 Å². The van der Waals surface area contributed by atoms with Gasteiger partial charge in [0.05, 0.1) is 5.69 Å². The standard InChI is InChI=1S/C72H52BNS/c1-72(2,3)55-45-65-70-67(46-55)75-66-42-40-53(48-23-10-5-11-24-48)43-63(66)73(70)62-41-39-54(44-64(62)74(65)71-56(50-25-12-6-13-26-50)33-20-34-57(71)51-27-14-7-15-28-51)69-60-31-18-16-29-58(60)68(59-30-17-19-32-61(59)69)52-37-35-49(36-38-52)47-21-8-4-9-22-47/h4-46H,1-3H3. The van der Waals surface area contributed by atoms with Crippen molar-refractivity contribution in [3.05, 3.63) is 266 Å². The van der Waals surface area contributed by atoms with Gasteiger partial charge >= 0.3 is 0 Å². The summed E-state index contributed by atoms with van der Waals surface area (Å²) in [5.74, 6) is 0. The van der Waals surface area contributed by atoms with E-state index in [0.29, 0.717) is 0 Å². The lowest BCUT2D eigenvalue weighted by Gasteiger charge is -2.43. The molecule has 0 N–H and O–H groups in total. The first-order valence-corrected chi connectivity index (χ1v) is 27.0. The van der Waals surface area contributed by atoms with E-state index < -0.39 is 0 Å². The lowest BCUT2D eigenvalue weighted by atomic mass is 9.34. The van der Waals surface area contributed by atoms with Crippen LogP contribution in [0.15, 0.2) is 271 Å². The number of rotatable bonds is 7. The minimum Gasteiger partial charge on any atom is -0.310 e. The quantitative estimate of drug-likeness (QED) is 0.116. The zero-order valence-electron chi connectivity index (χ0n) is 42.3. The molecule has 2 heterocycles. The molecule has 12 aromatic rings. The van der Waals surface area contributed by atoms with E-state index in [9.17, 15) is 0 Å².